The minimum Gasteiger partial charge on any atom is -0.480 e. The molecule has 20 heavy (non-hydrogen) atoms. The molecule has 0 aliphatic rings. The third kappa shape index (κ3) is 4.74. The first kappa shape index (κ1) is 16.3. The van der Waals surface area contributed by atoms with E-state index in [1.807, 2.05) is 20.8 Å². The summed E-state index contributed by atoms with van der Waals surface area (Å²) in [5, 5.41) is 12.2. The standard InChI is InChI=1S/C14H19ClN2O3/c1-9(2)10(3)16-14(20)17(8-13(18)19)12-6-4-5-11(15)7-12/h4-7,9-10H,8H2,1-3H3,(H,16,20)(H,18,19). The maximum atomic E-state index is 12.2. The van der Waals surface area contributed by atoms with E-state index in [0.717, 1.165) is 4.90 Å². The van der Waals surface area contributed by atoms with Crippen molar-refractivity contribution in [3.8, 4) is 0 Å². The molecule has 110 valence electrons. The zero-order valence-corrected chi connectivity index (χ0v) is 12.5. The number of carboxylic acids is 1. The van der Waals surface area contributed by atoms with Crippen molar-refractivity contribution < 1.29 is 14.7 Å². The molecule has 0 aliphatic carbocycles. The molecular weight excluding hydrogens is 280 g/mol. The summed E-state index contributed by atoms with van der Waals surface area (Å²) in [5.41, 5.74) is 0.452. The van der Waals surface area contributed by atoms with Crippen LogP contribution in [0.5, 0.6) is 0 Å². The third-order valence-corrected chi connectivity index (χ3v) is 3.24. The normalized spacial score (nSPS) is 12.1. The average molecular weight is 299 g/mol. The van der Waals surface area contributed by atoms with E-state index in [9.17, 15) is 9.59 Å². The van der Waals surface area contributed by atoms with Gasteiger partial charge < -0.3 is 10.4 Å². The fraction of sp³-hybridized carbons (Fsp3) is 0.429. The van der Waals surface area contributed by atoms with Gasteiger partial charge in [-0.1, -0.05) is 31.5 Å². The van der Waals surface area contributed by atoms with Gasteiger partial charge in [-0.05, 0) is 31.0 Å². The lowest BCUT2D eigenvalue weighted by atomic mass is 10.1. The van der Waals surface area contributed by atoms with Crippen molar-refractivity contribution in [2.45, 2.75) is 26.8 Å². The van der Waals surface area contributed by atoms with Gasteiger partial charge in [-0.3, -0.25) is 9.69 Å². The number of nitrogens with one attached hydrogen (secondary N) is 1. The molecule has 0 saturated heterocycles. The van der Waals surface area contributed by atoms with Gasteiger partial charge in [0.05, 0.1) is 0 Å². The molecule has 0 radical (unpaired) electrons. The first-order chi connectivity index (χ1) is 9.31. The average Bonchev–Trinajstić information content (AvgIpc) is 2.35. The summed E-state index contributed by atoms with van der Waals surface area (Å²) in [5.74, 6) is -0.831. The monoisotopic (exact) mass is 298 g/mol. The Labute approximate surface area is 123 Å². The largest absolute Gasteiger partial charge is 0.480 e. The lowest BCUT2D eigenvalue weighted by Gasteiger charge is -2.25. The zero-order valence-electron chi connectivity index (χ0n) is 11.8. The van der Waals surface area contributed by atoms with Crippen LogP contribution in [-0.4, -0.2) is 29.7 Å². The number of halogens is 1. The quantitative estimate of drug-likeness (QED) is 0.878. The molecule has 6 heteroatoms. The van der Waals surface area contributed by atoms with Crippen molar-refractivity contribution in [1.29, 1.82) is 0 Å². The Morgan fingerprint density at radius 1 is 1.35 bits per heavy atom. The number of hydrogen-bond acceptors (Lipinski definition) is 2. The number of benzene rings is 1. The van der Waals surface area contributed by atoms with Crippen molar-refractivity contribution in [3.05, 3.63) is 29.3 Å². The van der Waals surface area contributed by atoms with Gasteiger partial charge in [-0.15, -0.1) is 0 Å². The summed E-state index contributed by atoms with van der Waals surface area (Å²) < 4.78 is 0. The Kier molecular flexibility index (Phi) is 5.82. The molecule has 1 rings (SSSR count). The maximum absolute atomic E-state index is 12.2. The van der Waals surface area contributed by atoms with Crippen LogP contribution in [0.4, 0.5) is 10.5 Å². The molecule has 2 N–H and O–H groups in total. The molecule has 0 aliphatic heterocycles. The summed E-state index contributed by atoms with van der Waals surface area (Å²) in [4.78, 5) is 24.3. The zero-order chi connectivity index (χ0) is 15.3. The van der Waals surface area contributed by atoms with E-state index < -0.39 is 18.5 Å². The first-order valence-corrected chi connectivity index (χ1v) is 6.74. The summed E-state index contributed by atoms with van der Waals surface area (Å²) in [6.45, 7) is 5.41. The molecule has 0 spiro atoms. The molecule has 0 saturated carbocycles. The summed E-state index contributed by atoms with van der Waals surface area (Å²) in [6.07, 6.45) is 0. The Hall–Kier alpha value is -1.75. The number of urea groups is 1. The van der Waals surface area contributed by atoms with Crippen LogP contribution >= 0.6 is 11.6 Å². The molecule has 1 aromatic rings. The minimum absolute atomic E-state index is 0.0574. The lowest BCUT2D eigenvalue weighted by Crippen LogP contribution is -2.47. The summed E-state index contributed by atoms with van der Waals surface area (Å²) in [6, 6.07) is 6.04. The van der Waals surface area contributed by atoms with Gasteiger partial charge in [-0.2, -0.15) is 0 Å². The van der Waals surface area contributed by atoms with E-state index in [1.165, 1.54) is 0 Å². The van der Waals surface area contributed by atoms with Gasteiger partial charge in [0.15, 0.2) is 0 Å². The number of nitrogens with zero attached hydrogens (tertiary/aromatic N) is 1. The van der Waals surface area contributed by atoms with Crippen LogP contribution in [0.15, 0.2) is 24.3 Å². The van der Waals surface area contributed by atoms with Gasteiger partial charge in [-0.25, -0.2) is 4.79 Å². The van der Waals surface area contributed by atoms with Crippen LogP contribution in [0.2, 0.25) is 5.02 Å². The van der Waals surface area contributed by atoms with Crippen molar-refractivity contribution in [2.24, 2.45) is 5.92 Å². The second-order valence-corrected chi connectivity index (χ2v) is 5.38. The second kappa shape index (κ2) is 7.14. The fourth-order valence-electron chi connectivity index (χ4n) is 1.50. The van der Waals surface area contributed by atoms with E-state index in [0.29, 0.717) is 10.7 Å². The number of carbonyl (C=O) groups is 2. The van der Waals surface area contributed by atoms with Crippen LogP contribution < -0.4 is 10.2 Å². The second-order valence-electron chi connectivity index (χ2n) is 4.94. The van der Waals surface area contributed by atoms with Gasteiger partial charge in [0.1, 0.15) is 6.54 Å². The maximum Gasteiger partial charge on any atom is 0.323 e. The van der Waals surface area contributed by atoms with Crippen molar-refractivity contribution in [3.63, 3.8) is 0 Å². The first-order valence-electron chi connectivity index (χ1n) is 6.36. The Morgan fingerprint density at radius 3 is 2.50 bits per heavy atom. The highest BCUT2D eigenvalue weighted by atomic mass is 35.5. The van der Waals surface area contributed by atoms with Crippen LogP contribution in [-0.2, 0) is 4.79 Å². The number of carbonyl (C=O) groups excluding carboxylic acids is 1. The van der Waals surface area contributed by atoms with E-state index >= 15 is 0 Å². The number of anilines is 1. The molecule has 0 heterocycles. The van der Waals surface area contributed by atoms with Gasteiger partial charge in [0.25, 0.3) is 0 Å². The van der Waals surface area contributed by atoms with Crippen LogP contribution in [0.1, 0.15) is 20.8 Å². The van der Waals surface area contributed by atoms with Crippen molar-refractivity contribution in [1.82, 2.24) is 5.32 Å². The number of rotatable bonds is 5. The highest BCUT2D eigenvalue weighted by molar-refractivity contribution is 6.30. The SMILES string of the molecule is CC(C)C(C)NC(=O)N(CC(=O)O)c1cccc(Cl)c1. The number of aliphatic carboxylic acids is 1. The molecule has 0 aromatic heterocycles. The highest BCUT2D eigenvalue weighted by Crippen LogP contribution is 2.19. The Bertz CT molecular complexity index is 491. The van der Waals surface area contributed by atoms with Crippen LogP contribution in [0.3, 0.4) is 0 Å². The summed E-state index contributed by atoms with van der Waals surface area (Å²) >= 11 is 5.88. The molecule has 0 fully saturated rings. The van der Waals surface area contributed by atoms with Gasteiger partial charge in [0, 0.05) is 16.8 Å². The predicted molar refractivity (Wildman–Crippen MR) is 79.3 cm³/mol. The third-order valence-electron chi connectivity index (χ3n) is 3.01. The molecular formula is C14H19ClN2O3. The van der Waals surface area contributed by atoms with Crippen molar-refractivity contribution >= 4 is 29.3 Å². The molecule has 0 bridgehead atoms. The fourth-order valence-corrected chi connectivity index (χ4v) is 1.68. The van der Waals surface area contributed by atoms with Gasteiger partial charge >= 0.3 is 12.0 Å². The van der Waals surface area contributed by atoms with Gasteiger partial charge in [0.2, 0.25) is 0 Å². The number of hydrogen-bond donors (Lipinski definition) is 2. The molecule has 1 unspecified atom stereocenters. The number of carboxylic acid groups (broad SMARTS) is 1. The molecule has 1 aromatic carbocycles. The number of amides is 2. The van der Waals surface area contributed by atoms with Crippen molar-refractivity contribution in [2.75, 3.05) is 11.4 Å². The van der Waals surface area contributed by atoms with E-state index in [2.05, 4.69) is 5.32 Å². The summed E-state index contributed by atoms with van der Waals surface area (Å²) in [7, 11) is 0. The smallest absolute Gasteiger partial charge is 0.323 e. The lowest BCUT2D eigenvalue weighted by molar-refractivity contribution is -0.135. The molecule has 5 nitrogen and oxygen atoms in total. The topological polar surface area (TPSA) is 69.6 Å². The molecule has 2 amide bonds. The van der Waals surface area contributed by atoms with E-state index in [4.69, 9.17) is 16.7 Å². The Balaban J connectivity index is 2.94. The van der Waals surface area contributed by atoms with E-state index in [1.54, 1.807) is 24.3 Å². The Morgan fingerprint density at radius 2 is 2.00 bits per heavy atom. The predicted octanol–water partition coefficient (Wildman–Crippen LogP) is 2.99. The van der Waals surface area contributed by atoms with Crippen LogP contribution in [0.25, 0.3) is 0 Å². The highest BCUT2D eigenvalue weighted by Gasteiger charge is 2.21. The van der Waals surface area contributed by atoms with Crippen LogP contribution in [0, 0.1) is 5.92 Å². The van der Waals surface area contributed by atoms with E-state index in [-0.39, 0.29) is 12.0 Å². The molecule has 1 atom stereocenters. The minimum atomic E-state index is -1.09.